The van der Waals surface area contributed by atoms with Crippen molar-refractivity contribution in [3.63, 3.8) is 0 Å². The quantitative estimate of drug-likeness (QED) is 0.644. The zero-order chi connectivity index (χ0) is 16.8. The Morgan fingerprint density at radius 3 is 2.62 bits per heavy atom. The summed E-state index contributed by atoms with van der Waals surface area (Å²) in [5.74, 6) is 1.66. The van der Waals surface area contributed by atoms with E-state index in [2.05, 4.69) is 44.7 Å². The van der Waals surface area contributed by atoms with Crippen molar-refractivity contribution in [2.75, 3.05) is 18.2 Å². The molecular formula is C18H23N5O. The van der Waals surface area contributed by atoms with E-state index in [-0.39, 0.29) is 0 Å². The summed E-state index contributed by atoms with van der Waals surface area (Å²) in [4.78, 5) is 13.0. The fraction of sp³-hybridized carbons (Fsp3) is 0.389. The SMILES string of the molecule is CON=Cc1c(N)ncnc1Nc1ccc(C2CCCCC2)cc1. The standard InChI is InChI=1S/C18H23N5O/c1-24-22-11-16-17(19)20-12-21-18(16)23-15-9-7-14(8-10-15)13-5-3-2-4-6-13/h7-13H,2-6H2,1H3,(H3,19,20,21,23). The molecule has 1 fully saturated rings. The number of nitrogens with one attached hydrogen (secondary N) is 1. The molecule has 1 aromatic carbocycles. The minimum Gasteiger partial charge on any atom is -0.399 e. The van der Waals surface area contributed by atoms with Crippen LogP contribution in [-0.4, -0.2) is 23.3 Å². The molecule has 3 N–H and O–H groups in total. The Morgan fingerprint density at radius 1 is 1.17 bits per heavy atom. The van der Waals surface area contributed by atoms with Crippen LogP contribution >= 0.6 is 0 Å². The van der Waals surface area contributed by atoms with Crippen molar-refractivity contribution in [1.29, 1.82) is 0 Å². The van der Waals surface area contributed by atoms with Crippen LogP contribution in [-0.2, 0) is 4.84 Å². The molecule has 0 saturated heterocycles. The van der Waals surface area contributed by atoms with Gasteiger partial charge in [-0.1, -0.05) is 36.6 Å². The van der Waals surface area contributed by atoms with Gasteiger partial charge in [-0.05, 0) is 36.5 Å². The lowest BCUT2D eigenvalue weighted by Crippen LogP contribution is -2.06. The van der Waals surface area contributed by atoms with E-state index in [1.54, 1.807) is 0 Å². The van der Waals surface area contributed by atoms with E-state index >= 15 is 0 Å². The topological polar surface area (TPSA) is 85.4 Å². The van der Waals surface area contributed by atoms with Gasteiger partial charge in [-0.2, -0.15) is 0 Å². The second-order valence-electron chi connectivity index (χ2n) is 6.02. The summed E-state index contributed by atoms with van der Waals surface area (Å²) >= 11 is 0. The van der Waals surface area contributed by atoms with Gasteiger partial charge >= 0.3 is 0 Å². The molecule has 1 saturated carbocycles. The van der Waals surface area contributed by atoms with Crippen molar-refractivity contribution in [1.82, 2.24) is 9.97 Å². The number of anilines is 3. The minimum absolute atomic E-state index is 0.354. The minimum atomic E-state index is 0.354. The second kappa shape index (κ2) is 7.77. The Morgan fingerprint density at radius 2 is 1.92 bits per heavy atom. The highest BCUT2D eigenvalue weighted by Crippen LogP contribution is 2.33. The van der Waals surface area contributed by atoms with Crippen LogP contribution in [0.5, 0.6) is 0 Å². The van der Waals surface area contributed by atoms with E-state index in [0.29, 0.717) is 23.1 Å². The first kappa shape index (κ1) is 16.2. The van der Waals surface area contributed by atoms with E-state index in [1.165, 1.54) is 57.3 Å². The summed E-state index contributed by atoms with van der Waals surface area (Å²) in [6.07, 6.45) is 9.59. The van der Waals surface area contributed by atoms with Crippen LogP contribution in [0.1, 0.15) is 49.1 Å². The monoisotopic (exact) mass is 325 g/mol. The first-order valence-corrected chi connectivity index (χ1v) is 8.32. The number of hydrogen-bond donors (Lipinski definition) is 2. The molecule has 1 heterocycles. The maximum atomic E-state index is 5.90. The summed E-state index contributed by atoms with van der Waals surface area (Å²) in [6, 6.07) is 8.57. The number of nitrogens with two attached hydrogens (primary N) is 1. The lowest BCUT2D eigenvalue weighted by molar-refractivity contribution is 0.215. The highest BCUT2D eigenvalue weighted by atomic mass is 16.6. The van der Waals surface area contributed by atoms with Crippen LogP contribution in [0.4, 0.5) is 17.3 Å². The molecule has 2 aromatic rings. The van der Waals surface area contributed by atoms with Gasteiger partial charge in [0.1, 0.15) is 25.1 Å². The average Bonchev–Trinajstić information content (AvgIpc) is 2.63. The van der Waals surface area contributed by atoms with E-state index < -0.39 is 0 Å². The first-order chi connectivity index (χ1) is 11.8. The molecule has 24 heavy (non-hydrogen) atoms. The highest BCUT2D eigenvalue weighted by molar-refractivity contribution is 5.92. The van der Waals surface area contributed by atoms with Crippen molar-refractivity contribution in [2.45, 2.75) is 38.0 Å². The van der Waals surface area contributed by atoms with Gasteiger partial charge in [0.15, 0.2) is 0 Å². The third-order valence-corrected chi connectivity index (χ3v) is 4.45. The summed E-state index contributed by atoms with van der Waals surface area (Å²) < 4.78 is 0. The molecule has 0 aliphatic heterocycles. The Hall–Kier alpha value is -2.63. The van der Waals surface area contributed by atoms with Gasteiger partial charge in [-0.15, -0.1) is 0 Å². The fourth-order valence-corrected chi connectivity index (χ4v) is 3.15. The van der Waals surface area contributed by atoms with Crippen LogP contribution < -0.4 is 11.1 Å². The van der Waals surface area contributed by atoms with E-state index in [4.69, 9.17) is 10.6 Å². The van der Waals surface area contributed by atoms with Crippen molar-refractivity contribution in [2.24, 2.45) is 5.16 Å². The predicted octanol–water partition coefficient (Wildman–Crippen LogP) is 3.83. The number of rotatable bonds is 5. The second-order valence-corrected chi connectivity index (χ2v) is 6.02. The smallest absolute Gasteiger partial charge is 0.144 e. The molecule has 0 unspecified atom stereocenters. The molecule has 126 valence electrons. The van der Waals surface area contributed by atoms with Crippen LogP contribution in [0, 0.1) is 0 Å². The number of aromatic nitrogens is 2. The van der Waals surface area contributed by atoms with Gasteiger partial charge in [0, 0.05) is 5.69 Å². The third kappa shape index (κ3) is 3.82. The zero-order valence-electron chi connectivity index (χ0n) is 13.9. The van der Waals surface area contributed by atoms with E-state index in [1.807, 2.05) is 0 Å². The van der Waals surface area contributed by atoms with Gasteiger partial charge < -0.3 is 15.9 Å². The number of hydrogen-bond acceptors (Lipinski definition) is 6. The van der Waals surface area contributed by atoms with E-state index in [0.717, 1.165) is 5.69 Å². The maximum absolute atomic E-state index is 5.90. The summed E-state index contributed by atoms with van der Waals surface area (Å²) in [7, 11) is 1.48. The fourth-order valence-electron chi connectivity index (χ4n) is 3.15. The largest absolute Gasteiger partial charge is 0.399 e. The number of nitrogens with zero attached hydrogens (tertiary/aromatic N) is 3. The van der Waals surface area contributed by atoms with Gasteiger partial charge in [-0.25, -0.2) is 9.97 Å². The van der Waals surface area contributed by atoms with Gasteiger partial charge in [0.2, 0.25) is 0 Å². The predicted molar refractivity (Wildman–Crippen MR) is 96.6 cm³/mol. The van der Waals surface area contributed by atoms with Crippen molar-refractivity contribution >= 4 is 23.5 Å². The Labute approximate surface area is 142 Å². The Balaban J connectivity index is 1.76. The molecule has 0 bridgehead atoms. The molecule has 0 spiro atoms. The van der Waals surface area contributed by atoms with Crippen LogP contribution in [0.3, 0.4) is 0 Å². The van der Waals surface area contributed by atoms with Crippen molar-refractivity contribution < 1.29 is 4.84 Å². The van der Waals surface area contributed by atoms with Crippen LogP contribution in [0.2, 0.25) is 0 Å². The molecule has 0 radical (unpaired) electrons. The zero-order valence-corrected chi connectivity index (χ0v) is 13.9. The summed E-state index contributed by atoms with van der Waals surface area (Å²) in [5.41, 5.74) is 8.88. The third-order valence-electron chi connectivity index (χ3n) is 4.45. The number of nitrogen functional groups attached to an aromatic ring is 1. The molecule has 1 aliphatic carbocycles. The van der Waals surface area contributed by atoms with Gasteiger partial charge in [-0.3, -0.25) is 0 Å². The normalized spacial score (nSPS) is 15.5. The number of benzene rings is 1. The van der Waals surface area contributed by atoms with Gasteiger partial charge in [0.05, 0.1) is 11.8 Å². The molecule has 0 amide bonds. The van der Waals surface area contributed by atoms with Crippen molar-refractivity contribution in [3.05, 3.63) is 41.7 Å². The average molecular weight is 325 g/mol. The molecule has 3 rings (SSSR count). The molecule has 1 aromatic heterocycles. The lowest BCUT2D eigenvalue weighted by atomic mass is 9.84. The van der Waals surface area contributed by atoms with Crippen molar-refractivity contribution in [3.8, 4) is 0 Å². The molecule has 0 atom stereocenters. The summed E-state index contributed by atoms with van der Waals surface area (Å²) in [6.45, 7) is 0. The number of oxime groups is 1. The Bertz CT molecular complexity index is 693. The summed E-state index contributed by atoms with van der Waals surface area (Å²) in [5, 5.41) is 7.03. The molecule has 1 aliphatic rings. The first-order valence-electron chi connectivity index (χ1n) is 8.32. The lowest BCUT2D eigenvalue weighted by Gasteiger charge is -2.22. The molecule has 6 heteroatoms. The van der Waals surface area contributed by atoms with Crippen LogP contribution in [0.15, 0.2) is 35.7 Å². The Kier molecular flexibility index (Phi) is 5.25. The van der Waals surface area contributed by atoms with E-state index in [9.17, 15) is 0 Å². The van der Waals surface area contributed by atoms with Crippen LogP contribution in [0.25, 0.3) is 0 Å². The highest BCUT2D eigenvalue weighted by Gasteiger charge is 2.15. The molecule has 6 nitrogen and oxygen atoms in total. The molecular weight excluding hydrogens is 302 g/mol. The van der Waals surface area contributed by atoms with Gasteiger partial charge in [0.25, 0.3) is 0 Å². The maximum Gasteiger partial charge on any atom is 0.144 e.